The molecule has 108 valence electrons. The summed E-state index contributed by atoms with van der Waals surface area (Å²) in [5, 5.41) is 5.04. The molecule has 0 aliphatic rings. The topological polar surface area (TPSA) is 37.8 Å². The van der Waals surface area contributed by atoms with E-state index >= 15 is 0 Å². The van der Waals surface area contributed by atoms with Crippen molar-refractivity contribution in [2.75, 3.05) is 12.3 Å². The standard InChI is InChI=1S/C14H16ClN3S.ClH/c15-13-5-1-4-12(10-13)11-16-6-3-9-19-14-17-7-2-8-18-14;/h1-2,4-5,7-8,10,16H,3,6,9,11H2;1H/p-1. The van der Waals surface area contributed by atoms with Gasteiger partial charge in [-0.15, -0.1) is 0 Å². The van der Waals surface area contributed by atoms with Crippen molar-refractivity contribution in [2.45, 2.75) is 18.1 Å². The normalized spacial score (nSPS) is 10.1. The molecule has 0 saturated carbocycles. The lowest BCUT2D eigenvalue weighted by Gasteiger charge is -2.05. The summed E-state index contributed by atoms with van der Waals surface area (Å²) in [5.74, 6) is 1.02. The average Bonchev–Trinajstić information content (AvgIpc) is 2.44. The maximum absolute atomic E-state index is 5.93. The minimum Gasteiger partial charge on any atom is -1.00 e. The second-order valence-corrected chi connectivity index (χ2v) is 5.54. The minimum absolute atomic E-state index is 0. The zero-order valence-electron chi connectivity index (χ0n) is 10.9. The van der Waals surface area contributed by atoms with Gasteiger partial charge in [0, 0.05) is 29.7 Å². The van der Waals surface area contributed by atoms with Crippen molar-refractivity contribution in [3.8, 4) is 0 Å². The third kappa shape index (κ3) is 6.57. The molecular weight excluding hydrogens is 313 g/mol. The number of halogens is 2. The molecule has 0 radical (unpaired) electrons. The Hall–Kier alpha value is -0.810. The summed E-state index contributed by atoms with van der Waals surface area (Å²) in [4.78, 5) is 8.34. The van der Waals surface area contributed by atoms with E-state index < -0.39 is 0 Å². The second-order valence-electron chi connectivity index (χ2n) is 4.04. The van der Waals surface area contributed by atoms with Crippen LogP contribution in [0.1, 0.15) is 12.0 Å². The highest BCUT2D eigenvalue weighted by atomic mass is 35.5. The maximum atomic E-state index is 5.93. The number of benzene rings is 1. The quantitative estimate of drug-likeness (QED) is 0.454. The van der Waals surface area contributed by atoms with E-state index in [4.69, 9.17) is 11.6 Å². The molecule has 0 fully saturated rings. The molecule has 0 amide bonds. The fourth-order valence-electron chi connectivity index (χ4n) is 1.60. The van der Waals surface area contributed by atoms with Crippen LogP contribution in [0.25, 0.3) is 0 Å². The highest BCUT2D eigenvalue weighted by Gasteiger charge is 1.96. The summed E-state index contributed by atoms with van der Waals surface area (Å²) in [7, 11) is 0. The first-order valence-electron chi connectivity index (χ1n) is 6.19. The fraction of sp³-hybridized carbons (Fsp3) is 0.286. The number of nitrogens with one attached hydrogen (secondary N) is 1. The Morgan fingerprint density at radius 3 is 2.70 bits per heavy atom. The van der Waals surface area contributed by atoms with Crippen LogP contribution in [0, 0.1) is 0 Å². The van der Waals surface area contributed by atoms with Gasteiger partial charge in [0.25, 0.3) is 0 Å². The van der Waals surface area contributed by atoms with Crippen molar-refractivity contribution in [1.82, 2.24) is 15.3 Å². The van der Waals surface area contributed by atoms with Crippen LogP contribution in [0.5, 0.6) is 0 Å². The molecule has 20 heavy (non-hydrogen) atoms. The number of aromatic nitrogens is 2. The zero-order chi connectivity index (χ0) is 13.3. The average molecular weight is 329 g/mol. The largest absolute Gasteiger partial charge is 1.00 e. The van der Waals surface area contributed by atoms with Gasteiger partial charge < -0.3 is 17.7 Å². The van der Waals surface area contributed by atoms with Crippen LogP contribution >= 0.6 is 23.4 Å². The third-order valence-electron chi connectivity index (χ3n) is 2.49. The Balaban J connectivity index is 0.00000200. The minimum atomic E-state index is 0. The molecular formula is C14H16Cl2N3S-. The second kappa shape index (κ2) is 10.00. The molecule has 0 bridgehead atoms. The van der Waals surface area contributed by atoms with Gasteiger partial charge in [0.1, 0.15) is 0 Å². The van der Waals surface area contributed by atoms with E-state index in [1.807, 2.05) is 24.3 Å². The summed E-state index contributed by atoms with van der Waals surface area (Å²) in [6, 6.07) is 9.76. The molecule has 0 saturated heterocycles. The summed E-state index contributed by atoms with van der Waals surface area (Å²) in [6.07, 6.45) is 4.63. The Kier molecular flexibility index (Phi) is 8.62. The van der Waals surface area contributed by atoms with Crippen molar-refractivity contribution in [1.29, 1.82) is 0 Å². The lowest BCUT2D eigenvalue weighted by molar-refractivity contribution is -0.00000387. The predicted octanol–water partition coefficient (Wildman–Crippen LogP) is 0.406. The lowest BCUT2D eigenvalue weighted by Crippen LogP contribution is -3.00. The van der Waals surface area contributed by atoms with Crippen LogP contribution in [-0.4, -0.2) is 22.3 Å². The molecule has 0 unspecified atom stereocenters. The van der Waals surface area contributed by atoms with Crippen molar-refractivity contribution in [3.63, 3.8) is 0 Å². The van der Waals surface area contributed by atoms with Crippen LogP contribution in [0.3, 0.4) is 0 Å². The molecule has 0 aliphatic carbocycles. The zero-order valence-corrected chi connectivity index (χ0v) is 13.3. The Labute approximate surface area is 135 Å². The molecule has 0 aliphatic heterocycles. The number of hydrogen-bond acceptors (Lipinski definition) is 4. The fourth-order valence-corrected chi connectivity index (χ4v) is 2.56. The van der Waals surface area contributed by atoms with E-state index in [9.17, 15) is 0 Å². The van der Waals surface area contributed by atoms with Gasteiger partial charge in [0.2, 0.25) is 0 Å². The molecule has 2 aromatic rings. The molecule has 1 aromatic carbocycles. The molecule has 1 aromatic heterocycles. The smallest absolute Gasteiger partial charge is 0.187 e. The first-order valence-corrected chi connectivity index (χ1v) is 7.56. The van der Waals surface area contributed by atoms with Crippen molar-refractivity contribution >= 4 is 23.4 Å². The van der Waals surface area contributed by atoms with Crippen LogP contribution in [0.15, 0.2) is 47.9 Å². The van der Waals surface area contributed by atoms with Crippen LogP contribution in [-0.2, 0) is 6.54 Å². The molecule has 3 nitrogen and oxygen atoms in total. The Bertz CT molecular complexity index is 497. The SMILES string of the molecule is Clc1cccc(CNCCCSc2ncccn2)c1.[Cl-]. The number of thioether (sulfide) groups is 1. The van der Waals surface area contributed by atoms with Crippen LogP contribution in [0.4, 0.5) is 0 Å². The molecule has 2 rings (SSSR count). The van der Waals surface area contributed by atoms with Gasteiger partial charge in [-0.1, -0.05) is 35.5 Å². The van der Waals surface area contributed by atoms with Crippen LogP contribution < -0.4 is 17.7 Å². The molecule has 1 heterocycles. The molecule has 1 N–H and O–H groups in total. The number of rotatable bonds is 7. The van der Waals surface area contributed by atoms with E-state index in [1.165, 1.54) is 5.56 Å². The van der Waals surface area contributed by atoms with Gasteiger partial charge in [0.15, 0.2) is 5.16 Å². The monoisotopic (exact) mass is 328 g/mol. The van der Waals surface area contributed by atoms with Gasteiger partial charge in [-0.05, 0) is 36.7 Å². The maximum Gasteiger partial charge on any atom is 0.187 e. The summed E-state index contributed by atoms with van der Waals surface area (Å²) < 4.78 is 0. The number of nitrogens with zero attached hydrogens (tertiary/aromatic N) is 2. The molecule has 0 atom stereocenters. The summed E-state index contributed by atoms with van der Waals surface area (Å²) in [5.41, 5.74) is 1.21. The first kappa shape index (κ1) is 17.2. The third-order valence-corrected chi connectivity index (χ3v) is 3.69. The predicted molar refractivity (Wildman–Crippen MR) is 80.5 cm³/mol. The van der Waals surface area contributed by atoms with Crippen LogP contribution in [0.2, 0.25) is 5.02 Å². The van der Waals surface area contributed by atoms with Crippen molar-refractivity contribution in [3.05, 3.63) is 53.3 Å². The van der Waals surface area contributed by atoms with Gasteiger partial charge >= 0.3 is 0 Å². The van der Waals surface area contributed by atoms with Crippen molar-refractivity contribution < 1.29 is 12.4 Å². The Morgan fingerprint density at radius 1 is 1.15 bits per heavy atom. The van der Waals surface area contributed by atoms with Gasteiger partial charge in [-0.25, -0.2) is 9.97 Å². The highest BCUT2D eigenvalue weighted by molar-refractivity contribution is 7.99. The van der Waals surface area contributed by atoms with Gasteiger partial charge in [-0.2, -0.15) is 0 Å². The first-order chi connectivity index (χ1) is 9.34. The summed E-state index contributed by atoms with van der Waals surface area (Å²) in [6.45, 7) is 1.83. The summed E-state index contributed by atoms with van der Waals surface area (Å²) >= 11 is 7.62. The molecule has 0 spiro atoms. The van der Waals surface area contributed by atoms with Crippen molar-refractivity contribution in [2.24, 2.45) is 0 Å². The van der Waals surface area contributed by atoms with Gasteiger partial charge in [0.05, 0.1) is 0 Å². The number of hydrogen-bond donors (Lipinski definition) is 1. The highest BCUT2D eigenvalue weighted by Crippen LogP contribution is 2.12. The van der Waals surface area contributed by atoms with E-state index in [2.05, 4.69) is 21.4 Å². The lowest BCUT2D eigenvalue weighted by atomic mass is 10.2. The van der Waals surface area contributed by atoms with E-state index in [1.54, 1.807) is 24.2 Å². The van der Waals surface area contributed by atoms with E-state index in [-0.39, 0.29) is 12.4 Å². The van der Waals surface area contributed by atoms with Gasteiger partial charge in [-0.3, -0.25) is 0 Å². The Morgan fingerprint density at radius 2 is 1.95 bits per heavy atom. The van der Waals surface area contributed by atoms with E-state index in [0.717, 1.165) is 35.4 Å². The molecule has 6 heteroatoms. The van der Waals surface area contributed by atoms with E-state index in [0.29, 0.717) is 0 Å².